The van der Waals surface area contributed by atoms with E-state index in [1.54, 1.807) is 0 Å². The Bertz CT molecular complexity index is 656. The summed E-state index contributed by atoms with van der Waals surface area (Å²) in [4.78, 5) is 41.1. The topological polar surface area (TPSA) is 82.1 Å². The first kappa shape index (κ1) is 18.4. The molecule has 3 fully saturated rings. The summed E-state index contributed by atoms with van der Waals surface area (Å²) in [5.74, 6) is 0.349. The monoisotopic (exact) mass is 374 g/mol. The van der Waals surface area contributed by atoms with Gasteiger partial charge < -0.3 is 9.80 Å². The normalized spacial score (nSPS) is 29.4. The van der Waals surface area contributed by atoms with Crippen molar-refractivity contribution in [3.63, 3.8) is 0 Å². The summed E-state index contributed by atoms with van der Waals surface area (Å²) in [5.41, 5.74) is 3.03. The Kier molecular flexibility index (Phi) is 5.19. The summed E-state index contributed by atoms with van der Waals surface area (Å²) in [6, 6.07) is 0.430. The molecule has 1 aliphatic carbocycles. The minimum Gasteiger partial charge on any atom is -0.342 e. The van der Waals surface area contributed by atoms with Crippen LogP contribution in [0.1, 0.15) is 70.6 Å². The maximum Gasteiger partial charge on any atom is 0.240 e. The Balaban J connectivity index is 1.33. The maximum atomic E-state index is 13.3. The first-order chi connectivity index (χ1) is 13.1. The summed E-state index contributed by atoms with van der Waals surface area (Å²) in [5, 5.41) is 4.04. The van der Waals surface area contributed by atoms with E-state index in [9.17, 15) is 14.4 Å². The standard InChI is InChI=1S/C20H30N4O3/c25-17-8-6-15(21-22-17)7-9-18(26)23-13-11-20(14-23)10-3-12-24(19(20)27)16-4-1-2-5-16/h16H,1-14H2,(H,22,25)/t20-/m1/s1. The first-order valence-corrected chi connectivity index (χ1v) is 10.5. The zero-order valence-corrected chi connectivity index (χ0v) is 16.0. The summed E-state index contributed by atoms with van der Waals surface area (Å²) >= 11 is 0. The van der Waals surface area contributed by atoms with Gasteiger partial charge in [0.05, 0.1) is 5.41 Å². The number of carbonyl (C=O) groups is 3. The van der Waals surface area contributed by atoms with E-state index in [2.05, 4.69) is 15.4 Å². The molecule has 3 amide bonds. The highest BCUT2D eigenvalue weighted by molar-refractivity contribution is 5.94. The molecule has 1 N–H and O–H groups in total. The summed E-state index contributed by atoms with van der Waals surface area (Å²) in [6.07, 6.45) is 9.61. The number of piperidine rings is 1. The van der Waals surface area contributed by atoms with Crippen LogP contribution in [0.15, 0.2) is 5.10 Å². The lowest BCUT2D eigenvalue weighted by Gasteiger charge is -2.42. The number of hydrazone groups is 1. The van der Waals surface area contributed by atoms with Gasteiger partial charge in [0, 0.05) is 44.2 Å². The van der Waals surface area contributed by atoms with Crippen LogP contribution < -0.4 is 5.43 Å². The molecule has 4 aliphatic rings. The van der Waals surface area contributed by atoms with Gasteiger partial charge in [0.15, 0.2) is 0 Å². The second-order valence-electron chi connectivity index (χ2n) is 8.60. The van der Waals surface area contributed by atoms with Crippen LogP contribution in [0.2, 0.25) is 0 Å². The van der Waals surface area contributed by atoms with Gasteiger partial charge in [-0.2, -0.15) is 5.10 Å². The van der Waals surface area contributed by atoms with Gasteiger partial charge >= 0.3 is 0 Å². The molecule has 0 aromatic rings. The molecule has 3 aliphatic heterocycles. The van der Waals surface area contributed by atoms with Gasteiger partial charge in [0.1, 0.15) is 0 Å². The van der Waals surface area contributed by atoms with Crippen molar-refractivity contribution < 1.29 is 14.4 Å². The summed E-state index contributed by atoms with van der Waals surface area (Å²) in [6.45, 7) is 2.16. The largest absolute Gasteiger partial charge is 0.342 e. The Morgan fingerprint density at radius 2 is 1.93 bits per heavy atom. The maximum absolute atomic E-state index is 13.3. The van der Waals surface area contributed by atoms with Gasteiger partial charge in [-0.3, -0.25) is 14.4 Å². The van der Waals surface area contributed by atoms with E-state index >= 15 is 0 Å². The molecule has 1 saturated carbocycles. The number of nitrogens with zero attached hydrogens (tertiary/aromatic N) is 3. The average Bonchev–Trinajstić information content (AvgIpc) is 3.34. The van der Waals surface area contributed by atoms with Gasteiger partial charge in [-0.15, -0.1) is 0 Å². The Morgan fingerprint density at radius 1 is 1.11 bits per heavy atom. The average molecular weight is 374 g/mol. The highest BCUT2D eigenvalue weighted by Gasteiger charge is 2.50. The smallest absolute Gasteiger partial charge is 0.240 e. The van der Waals surface area contributed by atoms with Crippen LogP contribution in [0.3, 0.4) is 0 Å². The van der Waals surface area contributed by atoms with Crippen LogP contribution in [0.5, 0.6) is 0 Å². The molecule has 1 spiro atoms. The van der Waals surface area contributed by atoms with Crippen molar-refractivity contribution in [2.24, 2.45) is 10.5 Å². The molecule has 0 aromatic carbocycles. The Morgan fingerprint density at radius 3 is 2.67 bits per heavy atom. The Hall–Kier alpha value is -1.92. The molecule has 4 rings (SSSR count). The van der Waals surface area contributed by atoms with E-state index in [1.807, 2.05) is 4.90 Å². The van der Waals surface area contributed by atoms with Crippen LogP contribution in [0.25, 0.3) is 0 Å². The minimum atomic E-state index is -0.340. The molecule has 0 aromatic heterocycles. The SMILES string of the molecule is O=C1CCC(CCC(=O)N2CC[C@]3(CCCN(C4CCCC4)C3=O)C2)=NN1. The number of hydrogen-bond donors (Lipinski definition) is 1. The van der Waals surface area contributed by atoms with Gasteiger partial charge in [-0.25, -0.2) is 5.43 Å². The highest BCUT2D eigenvalue weighted by atomic mass is 16.2. The van der Waals surface area contributed by atoms with E-state index in [1.165, 1.54) is 12.8 Å². The van der Waals surface area contributed by atoms with Gasteiger partial charge in [-0.05, 0) is 44.9 Å². The molecule has 3 heterocycles. The van der Waals surface area contributed by atoms with Gasteiger partial charge in [0.2, 0.25) is 17.7 Å². The number of amides is 3. The summed E-state index contributed by atoms with van der Waals surface area (Å²) in [7, 11) is 0. The molecule has 0 unspecified atom stereocenters. The van der Waals surface area contributed by atoms with Crippen molar-refractivity contribution in [1.29, 1.82) is 0 Å². The molecule has 2 saturated heterocycles. The first-order valence-electron chi connectivity index (χ1n) is 10.5. The van der Waals surface area contributed by atoms with Crippen molar-refractivity contribution in [3.8, 4) is 0 Å². The number of carbonyl (C=O) groups excluding carboxylic acids is 3. The molecule has 7 nitrogen and oxygen atoms in total. The van der Waals surface area contributed by atoms with Crippen LogP contribution in [-0.4, -0.2) is 58.9 Å². The lowest BCUT2D eigenvalue weighted by Crippen LogP contribution is -2.53. The van der Waals surface area contributed by atoms with Crippen molar-refractivity contribution in [2.45, 2.75) is 76.7 Å². The third-order valence-electron chi connectivity index (χ3n) is 6.85. The van der Waals surface area contributed by atoms with Crippen LogP contribution in [0.4, 0.5) is 0 Å². The lowest BCUT2D eigenvalue weighted by atomic mass is 9.77. The van der Waals surface area contributed by atoms with Crippen molar-refractivity contribution >= 4 is 23.4 Å². The van der Waals surface area contributed by atoms with E-state index in [4.69, 9.17) is 0 Å². The molecular weight excluding hydrogens is 344 g/mol. The molecule has 148 valence electrons. The van der Waals surface area contributed by atoms with Crippen molar-refractivity contribution in [1.82, 2.24) is 15.2 Å². The fraction of sp³-hybridized carbons (Fsp3) is 0.800. The number of rotatable bonds is 4. The van der Waals surface area contributed by atoms with Gasteiger partial charge in [-0.1, -0.05) is 12.8 Å². The fourth-order valence-corrected chi connectivity index (χ4v) is 5.23. The molecule has 0 bridgehead atoms. The van der Waals surface area contributed by atoms with Gasteiger partial charge in [0.25, 0.3) is 0 Å². The second-order valence-corrected chi connectivity index (χ2v) is 8.60. The van der Waals surface area contributed by atoms with Crippen molar-refractivity contribution in [2.75, 3.05) is 19.6 Å². The highest BCUT2D eigenvalue weighted by Crippen LogP contribution is 2.42. The Labute approximate surface area is 160 Å². The molecular formula is C20H30N4O3. The fourth-order valence-electron chi connectivity index (χ4n) is 5.23. The summed E-state index contributed by atoms with van der Waals surface area (Å²) < 4.78 is 0. The predicted octanol–water partition coefficient (Wildman–Crippen LogP) is 1.82. The quantitative estimate of drug-likeness (QED) is 0.815. The zero-order valence-electron chi connectivity index (χ0n) is 16.0. The molecule has 7 heteroatoms. The number of nitrogens with one attached hydrogen (secondary N) is 1. The van der Waals surface area contributed by atoms with Crippen molar-refractivity contribution in [3.05, 3.63) is 0 Å². The third-order valence-corrected chi connectivity index (χ3v) is 6.85. The predicted molar refractivity (Wildman–Crippen MR) is 101 cm³/mol. The van der Waals surface area contributed by atoms with Crippen LogP contribution >= 0.6 is 0 Å². The molecule has 27 heavy (non-hydrogen) atoms. The van der Waals surface area contributed by atoms with E-state index in [0.717, 1.165) is 44.4 Å². The zero-order chi connectivity index (χ0) is 18.9. The molecule has 1 atom stereocenters. The number of likely N-dealkylation sites (tertiary alicyclic amines) is 2. The third kappa shape index (κ3) is 3.73. The lowest BCUT2D eigenvalue weighted by molar-refractivity contribution is -0.148. The minimum absolute atomic E-state index is 0.0609. The van der Waals surface area contributed by atoms with E-state index in [0.29, 0.717) is 50.7 Å². The van der Waals surface area contributed by atoms with E-state index < -0.39 is 0 Å². The second kappa shape index (κ2) is 7.60. The van der Waals surface area contributed by atoms with Crippen LogP contribution in [-0.2, 0) is 14.4 Å². The van der Waals surface area contributed by atoms with E-state index in [-0.39, 0.29) is 17.2 Å². The van der Waals surface area contributed by atoms with Crippen LogP contribution in [0, 0.1) is 5.41 Å². The number of hydrogen-bond acceptors (Lipinski definition) is 4. The molecule has 0 radical (unpaired) electrons.